The van der Waals surface area contributed by atoms with Crippen molar-refractivity contribution in [3.8, 4) is 0 Å². The Morgan fingerprint density at radius 2 is 1.39 bits per heavy atom. The van der Waals surface area contributed by atoms with Crippen LogP contribution in [0.15, 0.2) is 72.8 Å². The van der Waals surface area contributed by atoms with E-state index in [0.29, 0.717) is 28.9 Å². The van der Waals surface area contributed by atoms with Crippen molar-refractivity contribution < 1.29 is 23.9 Å². The number of ether oxygens (including phenoxy) is 1. The molecule has 1 heterocycles. The predicted molar refractivity (Wildman–Crippen MR) is 121 cm³/mol. The van der Waals surface area contributed by atoms with Crippen LogP contribution in [0, 0.1) is 0 Å². The summed E-state index contributed by atoms with van der Waals surface area (Å²) in [6.45, 7) is 0.453. The lowest BCUT2D eigenvalue weighted by molar-refractivity contribution is 0.0641. The minimum Gasteiger partial charge on any atom is -0.453 e. The SMILES string of the molecule is COC(=O)Nc1ccc(CNC(=O)c2ccc(CN3C(=O)c4ccccc4C3=O)cc2)cc1. The maximum absolute atomic E-state index is 12.5. The highest BCUT2D eigenvalue weighted by Gasteiger charge is 2.34. The number of benzene rings is 3. The van der Waals surface area contributed by atoms with Gasteiger partial charge in [0.15, 0.2) is 0 Å². The highest BCUT2D eigenvalue weighted by Crippen LogP contribution is 2.24. The number of carbonyl (C=O) groups excluding carboxylic acids is 4. The Morgan fingerprint density at radius 1 is 0.818 bits per heavy atom. The van der Waals surface area contributed by atoms with Crippen LogP contribution in [0.25, 0.3) is 0 Å². The fraction of sp³-hybridized carbons (Fsp3) is 0.120. The molecule has 3 aromatic rings. The molecule has 0 bridgehead atoms. The van der Waals surface area contributed by atoms with E-state index in [4.69, 9.17) is 0 Å². The summed E-state index contributed by atoms with van der Waals surface area (Å²) < 4.78 is 4.54. The zero-order chi connectivity index (χ0) is 23.4. The van der Waals surface area contributed by atoms with E-state index >= 15 is 0 Å². The molecule has 0 aliphatic carbocycles. The molecule has 0 fully saturated rings. The first-order chi connectivity index (χ1) is 16.0. The number of imide groups is 1. The Hall–Kier alpha value is -4.46. The minimum atomic E-state index is -0.553. The number of amides is 4. The molecule has 4 amide bonds. The lowest BCUT2D eigenvalue weighted by atomic mass is 10.1. The van der Waals surface area contributed by atoms with E-state index in [0.717, 1.165) is 11.1 Å². The number of nitrogens with one attached hydrogen (secondary N) is 2. The number of fused-ring (bicyclic) bond motifs is 1. The van der Waals surface area contributed by atoms with Crippen molar-refractivity contribution in [2.24, 2.45) is 0 Å². The summed E-state index contributed by atoms with van der Waals surface area (Å²) >= 11 is 0. The number of methoxy groups -OCH3 is 1. The maximum atomic E-state index is 12.5. The summed E-state index contributed by atoms with van der Waals surface area (Å²) in [5.41, 5.74) is 3.48. The first-order valence-corrected chi connectivity index (χ1v) is 10.2. The predicted octanol–water partition coefficient (Wildman–Crippen LogP) is 3.59. The summed E-state index contributed by atoms with van der Waals surface area (Å²) in [5.74, 6) is -0.880. The van der Waals surface area contributed by atoms with Gasteiger partial charge in [0.2, 0.25) is 0 Å². The van der Waals surface area contributed by atoms with Crippen molar-refractivity contribution in [1.82, 2.24) is 10.2 Å². The molecule has 0 radical (unpaired) electrons. The molecule has 1 aliphatic rings. The molecular weight excluding hydrogens is 422 g/mol. The highest BCUT2D eigenvalue weighted by atomic mass is 16.5. The van der Waals surface area contributed by atoms with Crippen molar-refractivity contribution in [2.45, 2.75) is 13.1 Å². The average molecular weight is 443 g/mol. The van der Waals surface area contributed by atoms with E-state index in [2.05, 4.69) is 15.4 Å². The second kappa shape index (κ2) is 9.35. The average Bonchev–Trinajstić information content (AvgIpc) is 3.08. The van der Waals surface area contributed by atoms with Gasteiger partial charge in [0, 0.05) is 17.8 Å². The maximum Gasteiger partial charge on any atom is 0.411 e. The van der Waals surface area contributed by atoms with Gasteiger partial charge in [-0.3, -0.25) is 24.6 Å². The summed E-state index contributed by atoms with van der Waals surface area (Å²) in [6.07, 6.45) is -0.553. The summed E-state index contributed by atoms with van der Waals surface area (Å²) in [4.78, 5) is 49.9. The van der Waals surface area contributed by atoms with E-state index in [9.17, 15) is 19.2 Å². The lowest BCUT2D eigenvalue weighted by Gasteiger charge is -2.14. The Bertz CT molecular complexity index is 1180. The molecule has 0 aromatic heterocycles. The van der Waals surface area contributed by atoms with Gasteiger partial charge < -0.3 is 10.1 Å². The van der Waals surface area contributed by atoms with Gasteiger partial charge >= 0.3 is 6.09 Å². The van der Waals surface area contributed by atoms with Crippen LogP contribution in [0.2, 0.25) is 0 Å². The number of rotatable bonds is 6. The van der Waals surface area contributed by atoms with Gasteiger partial charge in [-0.05, 0) is 47.5 Å². The van der Waals surface area contributed by atoms with Gasteiger partial charge in [-0.25, -0.2) is 4.79 Å². The summed E-state index contributed by atoms with van der Waals surface area (Å²) in [5, 5.41) is 5.39. The third-order valence-corrected chi connectivity index (χ3v) is 5.27. The van der Waals surface area contributed by atoms with Gasteiger partial charge in [-0.2, -0.15) is 0 Å². The number of hydrogen-bond donors (Lipinski definition) is 2. The molecule has 0 atom stereocenters. The topological polar surface area (TPSA) is 105 Å². The standard InChI is InChI=1S/C25H21N3O5/c1-33-25(32)27-19-12-8-16(9-13-19)14-26-22(29)18-10-6-17(7-11-18)15-28-23(30)20-4-2-3-5-21(20)24(28)31/h2-13H,14-15H2,1H3,(H,26,29)(H,27,32). The lowest BCUT2D eigenvalue weighted by Crippen LogP contribution is -2.29. The first-order valence-electron chi connectivity index (χ1n) is 10.2. The molecule has 166 valence electrons. The van der Waals surface area contributed by atoms with Crippen LogP contribution in [0.4, 0.5) is 10.5 Å². The normalized spacial score (nSPS) is 12.3. The molecule has 0 unspecified atom stereocenters. The van der Waals surface area contributed by atoms with Crippen molar-refractivity contribution in [3.63, 3.8) is 0 Å². The fourth-order valence-electron chi connectivity index (χ4n) is 3.49. The molecule has 2 N–H and O–H groups in total. The number of hydrogen-bond acceptors (Lipinski definition) is 5. The molecule has 8 heteroatoms. The third-order valence-electron chi connectivity index (χ3n) is 5.27. The van der Waals surface area contributed by atoms with Crippen LogP contribution >= 0.6 is 0 Å². The minimum absolute atomic E-state index is 0.139. The zero-order valence-corrected chi connectivity index (χ0v) is 17.8. The highest BCUT2D eigenvalue weighted by molar-refractivity contribution is 6.21. The fourth-order valence-corrected chi connectivity index (χ4v) is 3.49. The molecular formula is C25H21N3O5. The van der Waals surface area contributed by atoms with Gasteiger partial charge in [0.1, 0.15) is 0 Å². The van der Waals surface area contributed by atoms with Crippen LogP contribution in [0.1, 0.15) is 42.2 Å². The van der Waals surface area contributed by atoms with Crippen molar-refractivity contribution >= 4 is 29.5 Å². The molecule has 3 aromatic carbocycles. The second-order valence-corrected chi connectivity index (χ2v) is 7.44. The van der Waals surface area contributed by atoms with E-state index in [1.54, 1.807) is 72.8 Å². The smallest absolute Gasteiger partial charge is 0.411 e. The largest absolute Gasteiger partial charge is 0.453 e. The van der Waals surface area contributed by atoms with Gasteiger partial charge in [0.05, 0.1) is 24.8 Å². The van der Waals surface area contributed by atoms with E-state index in [-0.39, 0.29) is 24.3 Å². The second-order valence-electron chi connectivity index (χ2n) is 7.44. The molecule has 33 heavy (non-hydrogen) atoms. The number of carbonyl (C=O) groups is 4. The van der Waals surface area contributed by atoms with Crippen LogP contribution in [0.5, 0.6) is 0 Å². The third kappa shape index (κ3) is 4.74. The first kappa shape index (κ1) is 21.8. The van der Waals surface area contributed by atoms with Crippen molar-refractivity contribution in [2.75, 3.05) is 12.4 Å². The molecule has 0 saturated heterocycles. The Kier molecular flexibility index (Phi) is 6.17. The molecule has 8 nitrogen and oxygen atoms in total. The Balaban J connectivity index is 1.33. The summed E-state index contributed by atoms with van der Waals surface area (Å²) in [6, 6.07) is 20.5. The van der Waals surface area contributed by atoms with Crippen LogP contribution < -0.4 is 10.6 Å². The van der Waals surface area contributed by atoms with E-state index in [1.807, 2.05) is 0 Å². The zero-order valence-electron chi connectivity index (χ0n) is 17.8. The van der Waals surface area contributed by atoms with Gasteiger partial charge in [-0.1, -0.05) is 36.4 Å². The number of anilines is 1. The van der Waals surface area contributed by atoms with Crippen LogP contribution in [-0.2, 0) is 17.8 Å². The van der Waals surface area contributed by atoms with Crippen LogP contribution in [0.3, 0.4) is 0 Å². The van der Waals surface area contributed by atoms with E-state index in [1.165, 1.54) is 12.0 Å². The molecule has 0 saturated carbocycles. The van der Waals surface area contributed by atoms with Gasteiger partial charge in [0.25, 0.3) is 17.7 Å². The summed E-state index contributed by atoms with van der Waals surface area (Å²) in [7, 11) is 1.29. The van der Waals surface area contributed by atoms with Crippen molar-refractivity contribution in [1.29, 1.82) is 0 Å². The van der Waals surface area contributed by atoms with Crippen molar-refractivity contribution in [3.05, 3.63) is 101 Å². The Morgan fingerprint density at radius 3 is 1.97 bits per heavy atom. The molecule has 1 aliphatic heterocycles. The monoisotopic (exact) mass is 443 g/mol. The molecule has 4 rings (SSSR count). The Labute approximate surface area is 190 Å². The van der Waals surface area contributed by atoms with Gasteiger partial charge in [-0.15, -0.1) is 0 Å². The molecule has 0 spiro atoms. The quantitative estimate of drug-likeness (QED) is 0.567. The number of nitrogens with zero attached hydrogens (tertiary/aromatic N) is 1. The van der Waals surface area contributed by atoms with E-state index < -0.39 is 6.09 Å². The van der Waals surface area contributed by atoms with Crippen LogP contribution in [-0.4, -0.2) is 35.8 Å².